The number of nitrogens with one attached hydrogen (secondary N) is 1. The maximum atomic E-state index is 4.60. The minimum absolute atomic E-state index is 0.612. The molecule has 5 heteroatoms. The Balaban J connectivity index is 1.74. The first kappa shape index (κ1) is 12.2. The van der Waals surface area contributed by atoms with Crippen molar-refractivity contribution in [1.29, 1.82) is 0 Å². The molecule has 0 saturated carbocycles. The number of aryl methyl sites for hydroxylation is 1. The van der Waals surface area contributed by atoms with Crippen LogP contribution in [-0.4, -0.2) is 15.0 Å². The Bertz CT molecular complexity index is 945. The molecule has 0 bridgehead atoms. The molecule has 0 radical (unpaired) electrons. The van der Waals surface area contributed by atoms with Gasteiger partial charge >= 0.3 is 0 Å². The van der Waals surface area contributed by atoms with E-state index in [-0.39, 0.29) is 0 Å². The largest absolute Gasteiger partial charge is 0.324 e. The smallest absolute Gasteiger partial charge is 0.227 e. The van der Waals surface area contributed by atoms with Crippen molar-refractivity contribution in [3.05, 3.63) is 53.7 Å². The van der Waals surface area contributed by atoms with Gasteiger partial charge in [0.25, 0.3) is 0 Å². The summed E-state index contributed by atoms with van der Waals surface area (Å²) in [6.07, 6.45) is 1.85. The van der Waals surface area contributed by atoms with Gasteiger partial charge in [0.1, 0.15) is 0 Å². The third-order valence-electron chi connectivity index (χ3n) is 3.40. The first-order valence-electron chi connectivity index (χ1n) is 6.62. The molecule has 2 aromatic heterocycles. The standard InChI is InChI=1S/C16H12N4S/c1-10-3-2-4-11-8-17-16(20-15(10)11)19-12-5-6-13-14(7-12)21-9-18-13/h2-9H,1H3,(H,17,19,20). The zero-order chi connectivity index (χ0) is 14.2. The lowest BCUT2D eigenvalue weighted by molar-refractivity contribution is 1.20. The molecule has 21 heavy (non-hydrogen) atoms. The normalized spacial score (nSPS) is 11.1. The summed E-state index contributed by atoms with van der Waals surface area (Å²) in [5.41, 5.74) is 5.97. The zero-order valence-corrected chi connectivity index (χ0v) is 12.2. The lowest BCUT2D eigenvalue weighted by Gasteiger charge is -2.07. The molecule has 0 saturated heterocycles. The molecule has 4 nitrogen and oxygen atoms in total. The summed E-state index contributed by atoms with van der Waals surface area (Å²) >= 11 is 1.63. The molecule has 2 heterocycles. The minimum Gasteiger partial charge on any atom is -0.324 e. The predicted molar refractivity (Wildman–Crippen MR) is 87.2 cm³/mol. The Labute approximate surface area is 125 Å². The average molecular weight is 292 g/mol. The van der Waals surface area contributed by atoms with Gasteiger partial charge in [-0.15, -0.1) is 11.3 Å². The van der Waals surface area contributed by atoms with Crippen molar-refractivity contribution in [2.24, 2.45) is 0 Å². The van der Waals surface area contributed by atoms with Gasteiger partial charge < -0.3 is 5.32 Å². The lowest BCUT2D eigenvalue weighted by Crippen LogP contribution is -1.97. The molecular weight excluding hydrogens is 280 g/mol. The van der Waals surface area contributed by atoms with E-state index in [1.807, 2.05) is 36.0 Å². The van der Waals surface area contributed by atoms with Gasteiger partial charge in [0, 0.05) is 17.3 Å². The Morgan fingerprint density at radius 3 is 3.00 bits per heavy atom. The molecule has 102 valence electrons. The monoisotopic (exact) mass is 292 g/mol. The fourth-order valence-electron chi connectivity index (χ4n) is 2.33. The number of benzene rings is 2. The Hall–Kier alpha value is -2.53. The number of fused-ring (bicyclic) bond motifs is 2. The van der Waals surface area contributed by atoms with Gasteiger partial charge in [-0.25, -0.2) is 15.0 Å². The van der Waals surface area contributed by atoms with Gasteiger partial charge in [-0.3, -0.25) is 0 Å². The first-order valence-corrected chi connectivity index (χ1v) is 7.50. The Morgan fingerprint density at radius 1 is 1.10 bits per heavy atom. The van der Waals surface area contributed by atoms with Crippen molar-refractivity contribution >= 4 is 44.1 Å². The number of hydrogen-bond acceptors (Lipinski definition) is 5. The summed E-state index contributed by atoms with van der Waals surface area (Å²) in [6.45, 7) is 2.06. The number of aromatic nitrogens is 3. The SMILES string of the molecule is Cc1cccc2cnc(Nc3ccc4ncsc4c3)nc12. The van der Waals surface area contributed by atoms with Gasteiger partial charge in [0.05, 0.1) is 21.2 Å². The molecule has 4 rings (SSSR count). The molecule has 0 aliphatic rings. The molecule has 0 spiro atoms. The fourth-order valence-corrected chi connectivity index (χ4v) is 3.04. The van der Waals surface area contributed by atoms with Crippen LogP contribution in [0, 0.1) is 6.92 Å². The number of rotatable bonds is 2. The van der Waals surface area contributed by atoms with Crippen molar-refractivity contribution < 1.29 is 0 Å². The van der Waals surface area contributed by atoms with E-state index in [9.17, 15) is 0 Å². The van der Waals surface area contributed by atoms with E-state index in [0.29, 0.717) is 5.95 Å². The number of hydrogen-bond donors (Lipinski definition) is 1. The average Bonchev–Trinajstić information content (AvgIpc) is 2.96. The summed E-state index contributed by atoms with van der Waals surface area (Å²) < 4.78 is 1.15. The zero-order valence-electron chi connectivity index (χ0n) is 11.4. The van der Waals surface area contributed by atoms with Crippen LogP contribution in [-0.2, 0) is 0 Å². The van der Waals surface area contributed by atoms with Crippen LogP contribution in [0.25, 0.3) is 21.1 Å². The summed E-state index contributed by atoms with van der Waals surface area (Å²) in [6, 6.07) is 12.2. The lowest BCUT2D eigenvalue weighted by atomic mass is 10.1. The van der Waals surface area contributed by atoms with Crippen LogP contribution >= 0.6 is 11.3 Å². The molecule has 0 atom stereocenters. The van der Waals surface area contributed by atoms with E-state index in [1.165, 1.54) is 0 Å². The molecule has 1 N–H and O–H groups in total. The van der Waals surface area contributed by atoms with Gasteiger partial charge in [0.2, 0.25) is 5.95 Å². The fraction of sp³-hybridized carbons (Fsp3) is 0.0625. The third kappa shape index (κ3) is 2.21. The molecule has 4 aromatic rings. The van der Waals surface area contributed by atoms with Crippen LogP contribution < -0.4 is 5.32 Å². The van der Waals surface area contributed by atoms with Gasteiger partial charge in [-0.1, -0.05) is 18.2 Å². The number of nitrogens with zero attached hydrogens (tertiary/aromatic N) is 3. The van der Waals surface area contributed by atoms with Gasteiger partial charge in [-0.05, 0) is 30.7 Å². The van der Waals surface area contributed by atoms with Crippen molar-refractivity contribution in [3.8, 4) is 0 Å². The van der Waals surface area contributed by atoms with E-state index in [0.717, 1.165) is 32.4 Å². The van der Waals surface area contributed by atoms with Crippen LogP contribution in [0.2, 0.25) is 0 Å². The van der Waals surface area contributed by atoms with Crippen molar-refractivity contribution in [2.75, 3.05) is 5.32 Å². The van der Waals surface area contributed by atoms with Crippen LogP contribution in [0.15, 0.2) is 48.1 Å². The molecule has 0 amide bonds. The highest BCUT2D eigenvalue weighted by Gasteiger charge is 2.04. The van der Waals surface area contributed by atoms with Crippen LogP contribution in [0.1, 0.15) is 5.56 Å². The van der Waals surface area contributed by atoms with Crippen molar-refractivity contribution in [3.63, 3.8) is 0 Å². The summed E-state index contributed by atoms with van der Waals surface area (Å²) in [7, 11) is 0. The molecule has 0 aliphatic carbocycles. The third-order valence-corrected chi connectivity index (χ3v) is 4.19. The van der Waals surface area contributed by atoms with Crippen LogP contribution in [0.5, 0.6) is 0 Å². The molecule has 0 fully saturated rings. The quantitative estimate of drug-likeness (QED) is 0.598. The Kier molecular flexibility index (Phi) is 2.79. The maximum absolute atomic E-state index is 4.60. The first-order chi connectivity index (χ1) is 10.3. The molecule has 0 unspecified atom stereocenters. The van der Waals surface area contributed by atoms with E-state index in [1.54, 1.807) is 11.3 Å². The second-order valence-electron chi connectivity index (χ2n) is 4.87. The second kappa shape index (κ2) is 4.79. The van der Waals surface area contributed by atoms with Gasteiger partial charge in [-0.2, -0.15) is 0 Å². The highest BCUT2D eigenvalue weighted by Crippen LogP contribution is 2.24. The number of thiazole rings is 1. The summed E-state index contributed by atoms with van der Waals surface area (Å²) in [5.74, 6) is 0.612. The second-order valence-corrected chi connectivity index (χ2v) is 5.75. The highest BCUT2D eigenvalue weighted by atomic mass is 32.1. The van der Waals surface area contributed by atoms with E-state index >= 15 is 0 Å². The molecule has 0 aliphatic heterocycles. The Morgan fingerprint density at radius 2 is 2.05 bits per heavy atom. The van der Waals surface area contributed by atoms with E-state index < -0.39 is 0 Å². The van der Waals surface area contributed by atoms with Crippen LogP contribution in [0.3, 0.4) is 0 Å². The number of para-hydroxylation sites is 1. The summed E-state index contributed by atoms with van der Waals surface area (Å²) in [4.78, 5) is 13.3. The molecular formula is C16H12N4S. The van der Waals surface area contributed by atoms with E-state index in [4.69, 9.17) is 0 Å². The molecule has 2 aromatic carbocycles. The topological polar surface area (TPSA) is 50.7 Å². The summed E-state index contributed by atoms with van der Waals surface area (Å²) in [5, 5.41) is 4.32. The van der Waals surface area contributed by atoms with Crippen LogP contribution in [0.4, 0.5) is 11.6 Å². The van der Waals surface area contributed by atoms with E-state index in [2.05, 4.69) is 39.3 Å². The highest BCUT2D eigenvalue weighted by molar-refractivity contribution is 7.16. The maximum Gasteiger partial charge on any atom is 0.227 e. The predicted octanol–water partition coefficient (Wildman–Crippen LogP) is 4.29. The number of anilines is 2. The van der Waals surface area contributed by atoms with Crippen molar-refractivity contribution in [1.82, 2.24) is 15.0 Å². The van der Waals surface area contributed by atoms with Gasteiger partial charge in [0.15, 0.2) is 0 Å². The van der Waals surface area contributed by atoms with Crippen molar-refractivity contribution in [2.45, 2.75) is 6.92 Å². The minimum atomic E-state index is 0.612.